The fourth-order valence-electron chi connectivity index (χ4n) is 5.73. The predicted molar refractivity (Wildman–Crippen MR) is 126 cm³/mol. The van der Waals surface area contributed by atoms with E-state index in [1.807, 2.05) is 60.7 Å². The van der Waals surface area contributed by atoms with Crippen molar-refractivity contribution in [3.8, 4) is 0 Å². The van der Waals surface area contributed by atoms with E-state index in [1.165, 1.54) is 4.90 Å². The third-order valence-electron chi connectivity index (χ3n) is 7.04. The van der Waals surface area contributed by atoms with Gasteiger partial charge in [-0.1, -0.05) is 48.5 Å². The second-order valence-corrected chi connectivity index (χ2v) is 10.5. The highest BCUT2D eigenvalue weighted by Gasteiger charge is 2.73. The number of thioether (sulfide) groups is 1. The summed E-state index contributed by atoms with van der Waals surface area (Å²) < 4.78 is -0.642. The fraction of sp³-hybridized carbons (Fsp3) is 0.400. The van der Waals surface area contributed by atoms with Gasteiger partial charge < -0.3 is 20.6 Å². The lowest BCUT2D eigenvalue weighted by atomic mass is 9.70. The largest absolute Gasteiger partial charge is 0.395 e. The van der Waals surface area contributed by atoms with Crippen molar-refractivity contribution in [2.75, 3.05) is 18.5 Å². The van der Waals surface area contributed by atoms with E-state index in [1.54, 1.807) is 11.8 Å². The number of likely N-dealkylation sites (tertiary alicyclic amines) is 1. The Morgan fingerprint density at radius 1 is 1.06 bits per heavy atom. The molecule has 172 valence electrons. The van der Waals surface area contributed by atoms with Crippen LogP contribution >= 0.6 is 11.8 Å². The Hall–Kier alpha value is -2.84. The maximum absolute atomic E-state index is 13.6. The minimum absolute atomic E-state index is 0.00311. The van der Waals surface area contributed by atoms with Gasteiger partial charge in [0.2, 0.25) is 17.7 Å². The van der Waals surface area contributed by atoms with E-state index >= 15 is 0 Å². The minimum atomic E-state index is -0.699. The lowest BCUT2D eigenvalue weighted by Gasteiger charge is -2.34. The summed E-state index contributed by atoms with van der Waals surface area (Å²) in [7, 11) is 0. The van der Waals surface area contributed by atoms with Gasteiger partial charge in [-0.05, 0) is 30.5 Å². The number of amides is 3. The van der Waals surface area contributed by atoms with Gasteiger partial charge in [-0.15, -0.1) is 11.8 Å². The molecule has 3 N–H and O–H groups in total. The van der Waals surface area contributed by atoms with E-state index in [2.05, 4.69) is 10.6 Å². The van der Waals surface area contributed by atoms with E-state index in [4.69, 9.17) is 0 Å². The Kier molecular flexibility index (Phi) is 5.88. The lowest BCUT2D eigenvalue weighted by Crippen LogP contribution is -2.53. The smallest absolute Gasteiger partial charge is 0.244 e. The Morgan fingerprint density at radius 2 is 1.76 bits per heavy atom. The maximum Gasteiger partial charge on any atom is 0.244 e. The van der Waals surface area contributed by atoms with Crippen LogP contribution in [0.1, 0.15) is 18.4 Å². The number of rotatable bonds is 7. The Labute approximate surface area is 196 Å². The molecule has 2 unspecified atom stereocenters. The van der Waals surface area contributed by atoms with Gasteiger partial charge in [0.15, 0.2) is 0 Å². The molecule has 0 radical (unpaired) electrons. The van der Waals surface area contributed by atoms with Crippen LogP contribution in [0.4, 0.5) is 5.69 Å². The first-order valence-electron chi connectivity index (χ1n) is 11.3. The molecule has 2 bridgehead atoms. The quantitative estimate of drug-likeness (QED) is 0.581. The zero-order valence-electron chi connectivity index (χ0n) is 18.1. The van der Waals surface area contributed by atoms with Gasteiger partial charge in [-0.25, -0.2) is 0 Å². The van der Waals surface area contributed by atoms with Crippen LogP contribution in [-0.4, -0.2) is 56.9 Å². The molecule has 2 aromatic carbocycles. The number of para-hydroxylation sites is 1. The molecular weight excluding hydrogens is 438 g/mol. The normalized spacial score (nSPS) is 29.7. The van der Waals surface area contributed by atoms with Gasteiger partial charge in [0, 0.05) is 24.0 Å². The summed E-state index contributed by atoms with van der Waals surface area (Å²) in [6.07, 6.45) is 1.50. The van der Waals surface area contributed by atoms with Crippen LogP contribution in [0.25, 0.3) is 0 Å². The van der Waals surface area contributed by atoms with Crippen molar-refractivity contribution in [1.82, 2.24) is 10.2 Å². The average molecular weight is 466 g/mol. The number of carbonyl (C=O) groups is 3. The summed E-state index contributed by atoms with van der Waals surface area (Å²) in [5.41, 5.74) is 1.67. The number of carbonyl (C=O) groups excluding carboxylic acids is 3. The van der Waals surface area contributed by atoms with Crippen molar-refractivity contribution in [3.05, 3.63) is 66.2 Å². The Morgan fingerprint density at radius 3 is 2.45 bits per heavy atom. The second kappa shape index (κ2) is 8.83. The molecule has 2 aromatic rings. The predicted octanol–water partition coefficient (Wildman–Crippen LogP) is 2.02. The van der Waals surface area contributed by atoms with Crippen LogP contribution in [0.5, 0.6) is 0 Å². The van der Waals surface area contributed by atoms with Gasteiger partial charge in [0.05, 0.1) is 23.2 Å². The molecule has 0 saturated carbocycles. The van der Waals surface area contributed by atoms with Crippen LogP contribution in [-0.2, 0) is 20.9 Å². The van der Waals surface area contributed by atoms with E-state index in [0.717, 1.165) is 12.0 Å². The molecule has 3 saturated heterocycles. The molecule has 1 spiro atoms. The fourth-order valence-corrected chi connectivity index (χ4v) is 7.95. The molecule has 3 aliphatic rings. The number of β-amino-alcohol motifs (C(OH)–C–C–N with tert-alkyl or cyclic N) is 1. The summed E-state index contributed by atoms with van der Waals surface area (Å²) in [6, 6.07) is 18.1. The highest BCUT2D eigenvalue weighted by molar-refractivity contribution is 8.02. The summed E-state index contributed by atoms with van der Waals surface area (Å²) >= 11 is 1.62. The number of benzene rings is 2. The summed E-state index contributed by atoms with van der Waals surface area (Å²) in [4.78, 5) is 41.8. The first-order valence-corrected chi connectivity index (χ1v) is 12.2. The molecule has 0 aromatic heterocycles. The van der Waals surface area contributed by atoms with Crippen LogP contribution < -0.4 is 10.6 Å². The Bertz CT molecular complexity index is 1050. The van der Waals surface area contributed by atoms with Crippen molar-refractivity contribution in [2.45, 2.75) is 35.4 Å². The van der Waals surface area contributed by atoms with Crippen LogP contribution in [0.2, 0.25) is 0 Å². The molecule has 33 heavy (non-hydrogen) atoms. The molecule has 3 heterocycles. The topological polar surface area (TPSA) is 98.7 Å². The number of anilines is 1. The molecule has 0 aliphatic carbocycles. The van der Waals surface area contributed by atoms with Gasteiger partial charge in [-0.2, -0.15) is 0 Å². The average Bonchev–Trinajstić information content (AvgIpc) is 3.47. The van der Waals surface area contributed by atoms with Gasteiger partial charge in [-0.3, -0.25) is 14.4 Å². The summed E-state index contributed by atoms with van der Waals surface area (Å²) in [5.74, 6) is -1.66. The zero-order valence-corrected chi connectivity index (χ0v) is 19.0. The Balaban J connectivity index is 1.41. The van der Waals surface area contributed by atoms with Gasteiger partial charge in [0.25, 0.3) is 0 Å². The monoisotopic (exact) mass is 465 g/mol. The van der Waals surface area contributed by atoms with Crippen LogP contribution in [0, 0.1) is 11.8 Å². The summed E-state index contributed by atoms with van der Waals surface area (Å²) in [6.45, 7) is 0.217. The van der Waals surface area contributed by atoms with Crippen molar-refractivity contribution >= 4 is 35.2 Å². The third kappa shape index (κ3) is 3.71. The first kappa shape index (κ1) is 22.0. The van der Waals surface area contributed by atoms with Gasteiger partial charge >= 0.3 is 0 Å². The zero-order chi connectivity index (χ0) is 23.0. The molecule has 3 amide bonds. The number of aliphatic hydroxyl groups excluding tert-OH is 1. The first-order chi connectivity index (χ1) is 16.0. The molecule has 7 nitrogen and oxygen atoms in total. The number of aliphatic hydroxyl groups is 1. The third-order valence-corrected chi connectivity index (χ3v) is 8.99. The van der Waals surface area contributed by atoms with Crippen molar-refractivity contribution in [2.24, 2.45) is 11.8 Å². The molecule has 5 rings (SSSR count). The molecule has 5 atom stereocenters. The minimum Gasteiger partial charge on any atom is -0.395 e. The SMILES string of the molecule is O=C(NCc1ccccc1)C1N(CCO)C(=O)[C@@H]2[C@H](C(=O)Nc3ccccc3)[C@@H]3CCC12S3. The molecule has 3 aliphatic heterocycles. The van der Waals surface area contributed by atoms with Gasteiger partial charge in [0.1, 0.15) is 6.04 Å². The lowest BCUT2D eigenvalue weighted by molar-refractivity contribution is -0.139. The molecular formula is C25H27N3O4S. The standard InChI is InChI=1S/C25H27N3O4S/c29-14-13-28-21(23(31)26-15-16-7-3-1-4-8-16)25-12-11-18(33-25)19(20(25)24(28)32)22(30)27-17-9-5-2-6-10-17/h1-10,18-21,29H,11-15H2,(H,26,31)(H,27,30)/t18-,19+,20-,21?,25?/m0/s1. The number of nitrogens with zero attached hydrogens (tertiary/aromatic N) is 1. The van der Waals surface area contributed by atoms with E-state index < -0.39 is 22.6 Å². The summed E-state index contributed by atoms with van der Waals surface area (Å²) in [5, 5.41) is 15.6. The maximum atomic E-state index is 13.6. The van der Waals surface area contributed by atoms with Crippen molar-refractivity contribution in [1.29, 1.82) is 0 Å². The second-order valence-electron chi connectivity index (χ2n) is 8.87. The number of hydrogen-bond acceptors (Lipinski definition) is 5. The van der Waals surface area contributed by atoms with E-state index in [-0.39, 0.29) is 36.1 Å². The molecule has 8 heteroatoms. The number of fused-ring (bicyclic) bond motifs is 1. The van der Waals surface area contributed by atoms with E-state index in [0.29, 0.717) is 18.7 Å². The van der Waals surface area contributed by atoms with E-state index in [9.17, 15) is 19.5 Å². The van der Waals surface area contributed by atoms with Crippen molar-refractivity contribution in [3.63, 3.8) is 0 Å². The number of hydrogen-bond donors (Lipinski definition) is 3. The van der Waals surface area contributed by atoms with Crippen LogP contribution in [0.15, 0.2) is 60.7 Å². The van der Waals surface area contributed by atoms with Crippen LogP contribution in [0.3, 0.4) is 0 Å². The van der Waals surface area contributed by atoms with Crippen molar-refractivity contribution < 1.29 is 19.5 Å². The molecule has 3 fully saturated rings. The highest BCUT2D eigenvalue weighted by Crippen LogP contribution is 2.66. The number of nitrogens with one attached hydrogen (secondary N) is 2. The highest BCUT2D eigenvalue weighted by atomic mass is 32.2.